The molecule has 17 nitrogen and oxygen atoms in total. The Balaban J connectivity index is 0.000000176. The fourth-order valence-corrected chi connectivity index (χ4v) is 6.21. The van der Waals surface area contributed by atoms with Crippen molar-refractivity contribution in [3.05, 3.63) is 93.3 Å². The zero-order valence-electron chi connectivity index (χ0n) is 31.3. The van der Waals surface area contributed by atoms with Gasteiger partial charge in [-0.1, -0.05) is 31.7 Å². The smallest absolute Gasteiger partial charge is 0.410 e. The number of anilines is 2. The molecule has 0 unspecified atom stereocenters. The number of ether oxygens (including phenoxy) is 3. The van der Waals surface area contributed by atoms with Crippen LogP contribution in [-0.2, 0) is 40.1 Å². The number of amides is 4. The van der Waals surface area contributed by atoms with Crippen LogP contribution in [0.25, 0.3) is 0 Å². The highest BCUT2D eigenvalue weighted by molar-refractivity contribution is 6.34. The van der Waals surface area contributed by atoms with Crippen molar-refractivity contribution in [1.29, 1.82) is 0 Å². The van der Waals surface area contributed by atoms with E-state index >= 15 is 0 Å². The highest BCUT2D eigenvalue weighted by atomic mass is 16.6. The van der Waals surface area contributed by atoms with E-state index in [1.54, 1.807) is 58.3 Å². The van der Waals surface area contributed by atoms with Gasteiger partial charge in [0, 0.05) is 24.2 Å². The van der Waals surface area contributed by atoms with Gasteiger partial charge in [0.2, 0.25) is 0 Å². The first-order valence-corrected chi connectivity index (χ1v) is 17.6. The maximum Gasteiger partial charge on any atom is 0.410 e. The minimum atomic E-state index is -0.573. The Kier molecular flexibility index (Phi) is 11.4. The van der Waals surface area contributed by atoms with Gasteiger partial charge in [-0.25, -0.2) is 24.1 Å². The van der Waals surface area contributed by atoms with Gasteiger partial charge in [-0.2, -0.15) is 10.2 Å². The van der Waals surface area contributed by atoms with Crippen LogP contribution in [-0.4, -0.2) is 90.4 Å². The minimum Gasteiger partial charge on any atom is -0.444 e. The number of nitrogen functional groups attached to an aromatic ring is 1. The van der Waals surface area contributed by atoms with E-state index in [9.17, 15) is 28.8 Å². The molecule has 4 aliphatic heterocycles. The zero-order chi connectivity index (χ0) is 39.8. The van der Waals surface area contributed by atoms with Crippen molar-refractivity contribution in [3.63, 3.8) is 0 Å². The number of aromatic nitrogens is 4. The molecule has 0 bridgehead atoms. The first kappa shape index (κ1) is 40.7. The van der Waals surface area contributed by atoms with E-state index < -0.39 is 29.2 Å². The number of hydrogen-bond acceptors (Lipinski definition) is 12. The Labute approximate surface area is 323 Å². The van der Waals surface area contributed by atoms with Crippen LogP contribution in [0.5, 0.6) is 0 Å². The van der Waals surface area contributed by atoms with E-state index in [1.807, 2.05) is 41.5 Å². The average molecular weight is 771 g/mol. The highest BCUT2D eigenvalue weighted by Crippen LogP contribution is 2.33. The maximum absolute atomic E-state index is 12.7. The molecule has 0 aliphatic carbocycles. The van der Waals surface area contributed by atoms with E-state index in [4.69, 9.17) is 15.2 Å². The number of H-pyrrole nitrogens is 2. The summed E-state index contributed by atoms with van der Waals surface area (Å²) in [5.41, 5.74) is 9.55. The molecule has 0 atom stereocenters. The molecule has 0 saturated heterocycles. The second-order valence-corrected chi connectivity index (χ2v) is 15.1. The van der Waals surface area contributed by atoms with Crippen LogP contribution in [0.2, 0.25) is 0 Å². The Morgan fingerprint density at radius 2 is 1.09 bits per heavy atom. The van der Waals surface area contributed by atoms with E-state index in [1.165, 1.54) is 0 Å². The number of cyclic esters (lactones) is 2. The molecule has 0 fully saturated rings. The van der Waals surface area contributed by atoms with Gasteiger partial charge in [0.05, 0.1) is 46.7 Å². The van der Waals surface area contributed by atoms with Crippen LogP contribution in [0.4, 0.5) is 21.2 Å². The summed E-state index contributed by atoms with van der Waals surface area (Å²) in [6, 6.07) is 13.3. The summed E-state index contributed by atoms with van der Waals surface area (Å²) >= 11 is 0. The van der Waals surface area contributed by atoms with Gasteiger partial charge < -0.3 is 29.7 Å². The van der Waals surface area contributed by atoms with E-state index in [0.717, 1.165) is 28.1 Å². The molecule has 0 saturated carbocycles. The fourth-order valence-electron chi connectivity index (χ4n) is 6.21. The number of nitrogens with one attached hydrogen (secondary N) is 2. The maximum atomic E-state index is 12.7. The van der Waals surface area contributed by atoms with Crippen LogP contribution in [0.1, 0.15) is 113 Å². The molecule has 8 rings (SSSR count). The van der Waals surface area contributed by atoms with Crippen molar-refractivity contribution in [2.75, 3.05) is 23.7 Å². The molecular formula is C39H46N8O9. The predicted molar refractivity (Wildman–Crippen MR) is 203 cm³/mol. The van der Waals surface area contributed by atoms with Crippen LogP contribution < -0.4 is 10.6 Å². The number of carbonyl (C=O) groups excluding carboxylic acids is 6. The largest absolute Gasteiger partial charge is 0.444 e. The molecule has 6 heterocycles. The fraction of sp³-hybridized carbons (Fsp3) is 0.385. The number of fused-ring (bicyclic) bond motifs is 4. The summed E-state index contributed by atoms with van der Waals surface area (Å²) in [6.45, 7) is 12.8. The van der Waals surface area contributed by atoms with E-state index in [-0.39, 0.29) is 25.3 Å². The second kappa shape index (κ2) is 15.7. The molecule has 4 aliphatic rings. The molecule has 4 aromatic rings. The van der Waals surface area contributed by atoms with Gasteiger partial charge in [0.25, 0.3) is 11.8 Å². The summed E-state index contributed by atoms with van der Waals surface area (Å²) in [4.78, 5) is 75.6. The lowest BCUT2D eigenvalue weighted by molar-refractivity contribution is 0.0211. The Bertz CT molecular complexity index is 2130. The molecule has 4 amide bonds. The molecule has 17 heteroatoms. The lowest BCUT2D eigenvalue weighted by atomic mass is 10.1. The van der Waals surface area contributed by atoms with Gasteiger partial charge in [-0.15, -0.1) is 0 Å². The topological polar surface area (TPSA) is 223 Å². The SMILES string of the molecule is C.CC(C)(C)OC(=O)N1CCc2c(N)n[nH]c2C1.CC(C)(C)OC(=O)N1CCc2c(N3C(=O)c4ccccc4C3=O)n[nH]c2C1.O=C1OC(=O)c2ccccc21. The molecule has 0 spiro atoms. The standard InChI is InChI=1S/C19H20N4O4.C11H18N4O2.C8H4O3.CH4/c1-19(2,3)27-18(26)22-9-8-13-14(10-22)20-21-15(13)23-16(24)11-6-4-5-7-12(11)17(23)25;1-11(2,3)17-10(16)15-5-4-7-8(6-15)13-14-9(7)12;9-7-5-3-1-2-4-6(5)8(10)11-7;/h4-7H,8-10H2,1-3H3,(H,20,21);4-6H2,1-3H3,(H3,12,13,14);1-4H;1H4. The molecule has 56 heavy (non-hydrogen) atoms. The number of rotatable bonds is 1. The normalized spacial score (nSPS) is 15.5. The number of imide groups is 1. The lowest BCUT2D eigenvalue weighted by Gasteiger charge is -2.30. The summed E-state index contributed by atoms with van der Waals surface area (Å²) < 4.78 is 15.1. The summed E-state index contributed by atoms with van der Waals surface area (Å²) in [7, 11) is 0. The van der Waals surface area contributed by atoms with Crippen molar-refractivity contribution in [1.82, 2.24) is 30.2 Å². The number of carbonyl (C=O) groups is 6. The first-order chi connectivity index (χ1) is 25.9. The summed E-state index contributed by atoms with van der Waals surface area (Å²) in [5, 5.41) is 13.9. The molecule has 296 valence electrons. The van der Waals surface area contributed by atoms with Gasteiger partial charge in [-0.3, -0.25) is 19.8 Å². The van der Waals surface area contributed by atoms with Gasteiger partial charge >= 0.3 is 24.1 Å². The van der Waals surface area contributed by atoms with E-state index in [2.05, 4.69) is 25.1 Å². The lowest BCUT2D eigenvalue weighted by Crippen LogP contribution is -2.40. The molecule has 2 aromatic heterocycles. The van der Waals surface area contributed by atoms with E-state index in [0.29, 0.717) is 72.2 Å². The molecule has 4 N–H and O–H groups in total. The van der Waals surface area contributed by atoms with Crippen molar-refractivity contribution >= 4 is 47.6 Å². The third kappa shape index (κ3) is 8.56. The third-order valence-electron chi connectivity index (χ3n) is 8.74. The number of nitrogens with two attached hydrogens (primary N) is 1. The number of hydrogen-bond donors (Lipinski definition) is 3. The Morgan fingerprint density at radius 3 is 1.55 bits per heavy atom. The van der Waals surface area contributed by atoms with Gasteiger partial charge in [0.1, 0.15) is 17.0 Å². The second-order valence-electron chi connectivity index (χ2n) is 15.1. The molecule has 0 radical (unpaired) electrons. The summed E-state index contributed by atoms with van der Waals surface area (Å²) in [6.07, 6.45) is 0.506. The Morgan fingerprint density at radius 1 is 0.679 bits per heavy atom. The number of esters is 2. The highest BCUT2D eigenvalue weighted by Gasteiger charge is 2.40. The Hall–Kier alpha value is -6.52. The number of nitrogens with zero attached hydrogens (tertiary/aromatic N) is 5. The van der Waals surface area contributed by atoms with Crippen LogP contribution in [0.3, 0.4) is 0 Å². The predicted octanol–water partition coefficient (Wildman–Crippen LogP) is 5.42. The van der Waals surface area contributed by atoms with Crippen LogP contribution in [0.15, 0.2) is 48.5 Å². The minimum absolute atomic E-state index is 0. The summed E-state index contributed by atoms with van der Waals surface area (Å²) in [5.74, 6) is -1.00. The van der Waals surface area contributed by atoms with Gasteiger partial charge in [0.15, 0.2) is 5.82 Å². The van der Waals surface area contributed by atoms with Crippen molar-refractivity contribution in [2.45, 2.75) is 86.1 Å². The van der Waals surface area contributed by atoms with Crippen molar-refractivity contribution < 1.29 is 43.0 Å². The van der Waals surface area contributed by atoms with Crippen LogP contribution >= 0.6 is 0 Å². The quantitative estimate of drug-likeness (QED) is 0.0955. The number of aromatic amines is 2. The van der Waals surface area contributed by atoms with Crippen molar-refractivity contribution in [3.8, 4) is 0 Å². The van der Waals surface area contributed by atoms with Gasteiger partial charge in [-0.05, 0) is 78.6 Å². The molecule has 2 aromatic carbocycles. The third-order valence-corrected chi connectivity index (χ3v) is 8.74. The molecular weight excluding hydrogens is 724 g/mol. The zero-order valence-corrected chi connectivity index (χ0v) is 31.3. The number of benzene rings is 2. The van der Waals surface area contributed by atoms with Crippen LogP contribution in [0, 0.1) is 0 Å². The first-order valence-electron chi connectivity index (χ1n) is 17.6. The van der Waals surface area contributed by atoms with Crippen molar-refractivity contribution in [2.24, 2.45) is 0 Å². The monoisotopic (exact) mass is 770 g/mol. The average Bonchev–Trinajstić information content (AvgIpc) is 3.86.